The smallest absolute Gasteiger partial charge is 0.256 e. The molecule has 32 heavy (non-hydrogen) atoms. The first kappa shape index (κ1) is 23.2. The third-order valence-electron chi connectivity index (χ3n) is 4.98. The summed E-state index contributed by atoms with van der Waals surface area (Å²) in [4.78, 5) is 32.8. The Morgan fingerprint density at radius 3 is 2.38 bits per heavy atom. The van der Waals surface area contributed by atoms with Crippen molar-refractivity contribution in [3.63, 3.8) is 0 Å². The minimum absolute atomic E-state index is 0.171. The van der Waals surface area contributed by atoms with Gasteiger partial charge in [-0.1, -0.05) is 42.5 Å². The van der Waals surface area contributed by atoms with E-state index in [9.17, 15) is 4.79 Å². The third kappa shape index (κ3) is 6.80. The van der Waals surface area contributed by atoms with E-state index in [-0.39, 0.29) is 5.91 Å². The van der Waals surface area contributed by atoms with Gasteiger partial charge in [-0.2, -0.15) is 0 Å². The number of aldehydes is 1. The van der Waals surface area contributed by atoms with Gasteiger partial charge in [-0.15, -0.1) is 0 Å². The second-order valence-electron chi connectivity index (χ2n) is 7.46. The van der Waals surface area contributed by atoms with Gasteiger partial charge in [0.05, 0.1) is 5.69 Å². The molecule has 1 saturated heterocycles. The highest BCUT2D eigenvalue weighted by atomic mass is 16.1. The van der Waals surface area contributed by atoms with Crippen LogP contribution in [-0.4, -0.2) is 53.2 Å². The van der Waals surface area contributed by atoms with Crippen molar-refractivity contribution in [1.82, 2.24) is 20.2 Å². The highest BCUT2D eigenvalue weighted by Gasteiger charge is 2.12. The number of nitrogens with zero attached hydrogens (tertiary/aromatic N) is 3. The Bertz CT molecular complexity index is 1020. The fraction of sp³-hybridized carbons (Fsp3) is 0.280. The first-order chi connectivity index (χ1) is 15.6. The van der Waals surface area contributed by atoms with Gasteiger partial charge in [0.1, 0.15) is 17.9 Å². The number of benzene rings is 2. The number of rotatable bonds is 5. The predicted molar refractivity (Wildman–Crippen MR) is 126 cm³/mol. The molecule has 3 aromatic rings. The van der Waals surface area contributed by atoms with Crippen molar-refractivity contribution < 1.29 is 9.59 Å². The number of amides is 1. The molecule has 1 aliphatic rings. The van der Waals surface area contributed by atoms with Gasteiger partial charge in [-0.3, -0.25) is 9.69 Å². The normalized spacial score (nSPS) is 13.6. The summed E-state index contributed by atoms with van der Waals surface area (Å²) in [5.41, 5.74) is 3.62. The lowest BCUT2D eigenvalue weighted by Crippen LogP contribution is -2.42. The number of carbonyl (C=O) groups excluding carboxylic acids is 2. The molecule has 0 unspecified atom stereocenters. The molecule has 4 rings (SSSR count). The number of carbonyl (C=O) groups is 2. The number of hydrogen-bond acceptors (Lipinski definition) is 6. The topological polar surface area (TPSA) is 87.2 Å². The molecule has 1 aliphatic heterocycles. The van der Waals surface area contributed by atoms with Crippen molar-refractivity contribution in [2.75, 3.05) is 31.5 Å². The number of nitrogens with one attached hydrogen (secondary N) is 2. The molecule has 0 aliphatic carbocycles. The zero-order valence-corrected chi connectivity index (χ0v) is 18.5. The van der Waals surface area contributed by atoms with Crippen LogP contribution in [0.1, 0.15) is 28.7 Å². The second-order valence-corrected chi connectivity index (χ2v) is 7.46. The average molecular weight is 432 g/mol. The van der Waals surface area contributed by atoms with Crippen LogP contribution in [0.3, 0.4) is 0 Å². The molecule has 0 atom stereocenters. The molecule has 0 spiro atoms. The third-order valence-corrected chi connectivity index (χ3v) is 4.98. The summed E-state index contributed by atoms with van der Waals surface area (Å²) in [6.07, 6.45) is 0.750. The van der Waals surface area contributed by atoms with Crippen LogP contribution in [0, 0.1) is 6.92 Å². The zero-order chi connectivity index (χ0) is 22.8. The Hall–Kier alpha value is -3.42. The van der Waals surface area contributed by atoms with E-state index in [1.54, 1.807) is 6.07 Å². The van der Waals surface area contributed by atoms with Crippen molar-refractivity contribution in [2.24, 2.45) is 0 Å². The average Bonchev–Trinajstić information content (AvgIpc) is 2.81. The fourth-order valence-corrected chi connectivity index (χ4v) is 3.47. The molecular weight excluding hydrogens is 402 g/mol. The quantitative estimate of drug-likeness (QED) is 0.603. The number of anilines is 1. The molecule has 166 valence electrons. The zero-order valence-electron chi connectivity index (χ0n) is 18.5. The lowest BCUT2D eigenvalue weighted by Gasteiger charge is -2.27. The molecule has 1 fully saturated rings. The van der Waals surface area contributed by atoms with E-state index in [0.717, 1.165) is 50.3 Å². The SMILES string of the molecule is CC=O.Cc1nc(NC(=O)c2ccc(CN3CCNCC3)cc2)cc(-c2ccccc2)n1. The first-order valence-electron chi connectivity index (χ1n) is 10.7. The van der Waals surface area contributed by atoms with Crippen molar-refractivity contribution in [3.8, 4) is 11.3 Å². The first-order valence-corrected chi connectivity index (χ1v) is 10.7. The van der Waals surface area contributed by atoms with Crippen molar-refractivity contribution in [2.45, 2.75) is 20.4 Å². The Morgan fingerprint density at radius 1 is 1.06 bits per heavy atom. The summed E-state index contributed by atoms with van der Waals surface area (Å²) < 4.78 is 0. The maximum absolute atomic E-state index is 12.7. The summed E-state index contributed by atoms with van der Waals surface area (Å²) in [7, 11) is 0. The van der Waals surface area contributed by atoms with Crippen LogP contribution in [-0.2, 0) is 11.3 Å². The number of aryl methyl sites for hydroxylation is 1. The number of aromatic nitrogens is 2. The summed E-state index contributed by atoms with van der Waals surface area (Å²) in [6.45, 7) is 8.35. The predicted octanol–water partition coefficient (Wildman–Crippen LogP) is 3.31. The lowest BCUT2D eigenvalue weighted by atomic mass is 10.1. The van der Waals surface area contributed by atoms with E-state index < -0.39 is 0 Å². The van der Waals surface area contributed by atoms with Crippen molar-refractivity contribution in [1.29, 1.82) is 0 Å². The van der Waals surface area contributed by atoms with E-state index >= 15 is 0 Å². The maximum atomic E-state index is 12.7. The van der Waals surface area contributed by atoms with Crippen LogP contribution in [0.25, 0.3) is 11.3 Å². The summed E-state index contributed by atoms with van der Waals surface area (Å²) >= 11 is 0. The molecule has 7 nitrogen and oxygen atoms in total. The van der Waals surface area contributed by atoms with Crippen LogP contribution in [0.15, 0.2) is 60.7 Å². The maximum Gasteiger partial charge on any atom is 0.256 e. The summed E-state index contributed by atoms with van der Waals surface area (Å²) in [5, 5.41) is 6.26. The Morgan fingerprint density at radius 2 is 1.72 bits per heavy atom. The summed E-state index contributed by atoms with van der Waals surface area (Å²) in [5.74, 6) is 0.954. The van der Waals surface area contributed by atoms with Crippen molar-refractivity contribution >= 4 is 18.0 Å². The van der Waals surface area contributed by atoms with Crippen LogP contribution in [0.5, 0.6) is 0 Å². The van der Waals surface area contributed by atoms with Gasteiger partial charge in [-0.25, -0.2) is 9.97 Å². The monoisotopic (exact) mass is 431 g/mol. The van der Waals surface area contributed by atoms with Gasteiger partial charge in [0.25, 0.3) is 5.91 Å². The Labute approximate surface area is 188 Å². The molecular formula is C25H29N5O2. The highest BCUT2D eigenvalue weighted by molar-refractivity contribution is 6.03. The fourth-order valence-electron chi connectivity index (χ4n) is 3.47. The van der Waals surface area contributed by atoms with Crippen LogP contribution in [0.4, 0.5) is 5.82 Å². The minimum atomic E-state index is -0.171. The Balaban J connectivity index is 0.000000913. The molecule has 1 aromatic heterocycles. The van der Waals surface area contributed by atoms with Gasteiger partial charge in [0.15, 0.2) is 0 Å². The van der Waals surface area contributed by atoms with Crippen LogP contribution < -0.4 is 10.6 Å². The van der Waals surface area contributed by atoms with Crippen molar-refractivity contribution in [3.05, 3.63) is 77.6 Å². The highest BCUT2D eigenvalue weighted by Crippen LogP contribution is 2.20. The number of hydrogen-bond donors (Lipinski definition) is 2. The standard InChI is InChI=1S/C23H25N5O.C2H4O/c1-17-25-21(19-5-3-2-4-6-19)15-22(26-17)27-23(29)20-9-7-18(8-10-20)16-28-13-11-24-12-14-28;1-2-3/h2-10,15,24H,11-14,16H2,1H3,(H,25,26,27,29);2H,1H3. The minimum Gasteiger partial charge on any atom is -0.314 e. The largest absolute Gasteiger partial charge is 0.314 e. The summed E-state index contributed by atoms with van der Waals surface area (Å²) in [6, 6.07) is 19.5. The molecule has 1 amide bonds. The molecule has 0 radical (unpaired) electrons. The van der Waals surface area contributed by atoms with Crippen LogP contribution >= 0.6 is 0 Å². The molecule has 0 saturated carbocycles. The van der Waals surface area contributed by atoms with E-state index in [4.69, 9.17) is 4.79 Å². The van der Waals surface area contributed by atoms with Gasteiger partial charge in [0.2, 0.25) is 0 Å². The Kier molecular flexibility index (Phi) is 8.60. The van der Waals surface area contributed by atoms with E-state index in [1.165, 1.54) is 12.5 Å². The van der Waals surface area contributed by atoms with E-state index in [2.05, 4.69) is 25.5 Å². The van der Waals surface area contributed by atoms with Gasteiger partial charge >= 0.3 is 0 Å². The molecule has 2 aromatic carbocycles. The molecule has 2 N–H and O–H groups in total. The second kappa shape index (κ2) is 11.8. The van der Waals surface area contributed by atoms with E-state index in [1.807, 2.05) is 61.5 Å². The lowest BCUT2D eigenvalue weighted by molar-refractivity contribution is -0.106. The molecule has 7 heteroatoms. The van der Waals surface area contributed by atoms with Crippen LogP contribution in [0.2, 0.25) is 0 Å². The van der Waals surface area contributed by atoms with E-state index in [0.29, 0.717) is 17.2 Å². The molecule has 2 heterocycles. The number of piperazine rings is 1. The van der Waals surface area contributed by atoms with Gasteiger partial charge in [0, 0.05) is 49.9 Å². The van der Waals surface area contributed by atoms with Gasteiger partial charge in [-0.05, 0) is 31.5 Å². The molecule has 0 bridgehead atoms. The van der Waals surface area contributed by atoms with Gasteiger partial charge < -0.3 is 15.4 Å².